The third-order valence-electron chi connectivity index (χ3n) is 4.21. The largest absolute Gasteiger partial charge is 0.497 e. The van der Waals surface area contributed by atoms with Crippen LogP contribution in [-0.4, -0.2) is 37.5 Å². The van der Waals surface area contributed by atoms with Gasteiger partial charge in [0.15, 0.2) is 0 Å². The Balaban J connectivity index is 1.75. The Hall–Kier alpha value is -3.44. The monoisotopic (exact) mass is 423 g/mol. The molecule has 30 heavy (non-hydrogen) atoms. The molecule has 3 rings (SSSR count). The van der Waals surface area contributed by atoms with E-state index in [2.05, 4.69) is 16.4 Å². The first kappa shape index (κ1) is 21.3. The van der Waals surface area contributed by atoms with E-state index in [1.807, 2.05) is 25.1 Å². The van der Waals surface area contributed by atoms with Crippen LogP contribution in [0.4, 0.5) is 5.69 Å². The number of hydrogen-bond acceptors (Lipinski definition) is 7. The number of carbonyl (C=O) groups excluding carboxylic acids is 1. The van der Waals surface area contributed by atoms with Crippen molar-refractivity contribution in [2.45, 2.75) is 11.9 Å². The van der Waals surface area contributed by atoms with E-state index in [-0.39, 0.29) is 11.7 Å². The van der Waals surface area contributed by atoms with Gasteiger partial charge in [0, 0.05) is 17.5 Å². The van der Waals surface area contributed by atoms with Gasteiger partial charge in [0.05, 0.1) is 43.3 Å². The number of hydrogen-bond donors (Lipinski definition) is 1. The lowest BCUT2D eigenvalue weighted by Gasteiger charge is -2.12. The molecule has 0 fully saturated rings. The van der Waals surface area contributed by atoms with Gasteiger partial charge in [0.1, 0.15) is 28.3 Å². The highest BCUT2D eigenvalue weighted by Crippen LogP contribution is 2.30. The van der Waals surface area contributed by atoms with Crippen LogP contribution in [0, 0.1) is 11.3 Å². The van der Waals surface area contributed by atoms with Crippen LogP contribution in [0.5, 0.6) is 17.2 Å². The predicted octanol–water partition coefficient (Wildman–Crippen LogP) is 4.25. The molecule has 1 heterocycles. The normalized spacial score (nSPS) is 10.3. The Bertz CT molecular complexity index is 1110. The molecule has 2 aromatic carbocycles. The van der Waals surface area contributed by atoms with Gasteiger partial charge >= 0.3 is 0 Å². The summed E-state index contributed by atoms with van der Waals surface area (Å²) in [6.07, 6.45) is 0. The van der Waals surface area contributed by atoms with Crippen LogP contribution in [0.3, 0.4) is 0 Å². The molecule has 0 radical (unpaired) electrons. The number of nitrogens with one attached hydrogen (secondary N) is 1. The highest BCUT2D eigenvalue weighted by molar-refractivity contribution is 8.00. The van der Waals surface area contributed by atoms with Crippen LogP contribution in [0.1, 0.15) is 12.5 Å². The minimum absolute atomic E-state index is 0.0908. The molecule has 3 aromatic rings. The molecule has 0 atom stereocenters. The van der Waals surface area contributed by atoms with Gasteiger partial charge < -0.3 is 19.5 Å². The second-order valence-electron chi connectivity index (χ2n) is 6.14. The molecular formula is C22H21N3O4S. The van der Waals surface area contributed by atoms with Crippen LogP contribution in [0.2, 0.25) is 0 Å². The number of fused-ring (bicyclic) bond motifs is 1. The molecule has 7 nitrogen and oxygen atoms in total. The first-order valence-corrected chi connectivity index (χ1v) is 10.2. The molecule has 8 heteroatoms. The molecular weight excluding hydrogens is 402 g/mol. The minimum atomic E-state index is -0.239. The predicted molar refractivity (Wildman–Crippen MR) is 117 cm³/mol. The van der Waals surface area contributed by atoms with Crippen molar-refractivity contribution < 1.29 is 19.0 Å². The van der Waals surface area contributed by atoms with Crippen molar-refractivity contribution in [2.75, 3.05) is 31.9 Å². The molecule has 0 aliphatic carbocycles. The van der Waals surface area contributed by atoms with Crippen molar-refractivity contribution in [1.82, 2.24) is 4.98 Å². The first-order valence-electron chi connectivity index (χ1n) is 9.20. The van der Waals surface area contributed by atoms with E-state index in [0.29, 0.717) is 45.6 Å². The molecule has 1 amide bonds. The zero-order valence-electron chi connectivity index (χ0n) is 16.9. The summed E-state index contributed by atoms with van der Waals surface area (Å²) in [6.45, 7) is 2.46. The number of anilines is 1. The van der Waals surface area contributed by atoms with Crippen LogP contribution in [-0.2, 0) is 4.79 Å². The third-order valence-corrected chi connectivity index (χ3v) is 5.20. The lowest BCUT2D eigenvalue weighted by molar-refractivity contribution is -0.113. The van der Waals surface area contributed by atoms with E-state index < -0.39 is 0 Å². The fraction of sp³-hybridized carbons (Fsp3) is 0.227. The number of pyridine rings is 1. The second-order valence-corrected chi connectivity index (χ2v) is 7.11. The summed E-state index contributed by atoms with van der Waals surface area (Å²) in [6, 6.07) is 14.6. The van der Waals surface area contributed by atoms with Crippen molar-refractivity contribution in [3.05, 3.63) is 48.0 Å². The standard InChI is InChI=1S/C22H21N3O4S/c1-4-29-17-6-5-14-9-15(12-23)22(25-19(14)10-17)30-13-21(26)24-18-8-7-16(27-2)11-20(18)28-3/h5-11H,4,13H2,1-3H3,(H,24,26). The molecule has 0 bridgehead atoms. The molecule has 154 valence electrons. The average molecular weight is 423 g/mol. The number of methoxy groups -OCH3 is 2. The van der Waals surface area contributed by atoms with Crippen molar-refractivity contribution in [3.8, 4) is 23.3 Å². The average Bonchev–Trinajstić information content (AvgIpc) is 2.77. The zero-order chi connectivity index (χ0) is 21.5. The SMILES string of the molecule is CCOc1ccc2cc(C#N)c(SCC(=O)Nc3ccc(OC)cc3OC)nc2c1. The first-order chi connectivity index (χ1) is 14.6. The van der Waals surface area contributed by atoms with Gasteiger partial charge in [-0.2, -0.15) is 5.26 Å². The maximum atomic E-state index is 12.5. The second kappa shape index (κ2) is 9.85. The summed E-state index contributed by atoms with van der Waals surface area (Å²) in [5.41, 5.74) is 1.67. The van der Waals surface area contributed by atoms with Crippen molar-refractivity contribution >= 4 is 34.3 Å². The number of carbonyl (C=O) groups is 1. The highest BCUT2D eigenvalue weighted by Gasteiger charge is 2.13. The third kappa shape index (κ3) is 4.93. The van der Waals surface area contributed by atoms with Gasteiger partial charge in [-0.25, -0.2) is 4.98 Å². The van der Waals surface area contributed by atoms with E-state index >= 15 is 0 Å². The van der Waals surface area contributed by atoms with Crippen LogP contribution in [0.25, 0.3) is 10.9 Å². The zero-order valence-corrected chi connectivity index (χ0v) is 17.7. The van der Waals surface area contributed by atoms with E-state index in [0.717, 1.165) is 5.39 Å². The number of nitriles is 1. The summed E-state index contributed by atoms with van der Waals surface area (Å²) in [7, 11) is 3.08. The number of nitrogens with zero attached hydrogens (tertiary/aromatic N) is 2. The summed E-state index contributed by atoms with van der Waals surface area (Å²) < 4.78 is 16.0. The Morgan fingerprint density at radius 2 is 1.93 bits per heavy atom. The van der Waals surface area contributed by atoms with Crippen molar-refractivity contribution in [2.24, 2.45) is 0 Å². The molecule has 0 spiro atoms. The quantitative estimate of drug-likeness (QED) is 0.541. The smallest absolute Gasteiger partial charge is 0.234 e. The number of thioether (sulfide) groups is 1. The summed E-state index contributed by atoms with van der Waals surface area (Å²) >= 11 is 1.20. The lowest BCUT2D eigenvalue weighted by Crippen LogP contribution is -2.15. The van der Waals surface area contributed by atoms with Crippen LogP contribution >= 0.6 is 11.8 Å². The molecule has 0 aliphatic rings. The fourth-order valence-corrected chi connectivity index (χ4v) is 3.56. The van der Waals surface area contributed by atoms with Crippen molar-refractivity contribution in [1.29, 1.82) is 5.26 Å². The Morgan fingerprint density at radius 1 is 1.13 bits per heavy atom. The molecule has 0 saturated heterocycles. The van der Waals surface area contributed by atoms with Crippen LogP contribution in [0.15, 0.2) is 47.5 Å². The number of ether oxygens (including phenoxy) is 3. The summed E-state index contributed by atoms with van der Waals surface area (Å²) in [5.74, 6) is 1.69. The van der Waals surface area contributed by atoms with Gasteiger partial charge in [-0.1, -0.05) is 11.8 Å². The molecule has 1 N–H and O–H groups in total. The number of rotatable bonds is 8. The van der Waals surface area contributed by atoms with Gasteiger partial charge in [0.2, 0.25) is 5.91 Å². The Morgan fingerprint density at radius 3 is 2.63 bits per heavy atom. The van der Waals surface area contributed by atoms with Gasteiger partial charge in [-0.05, 0) is 37.3 Å². The summed E-state index contributed by atoms with van der Waals surface area (Å²) in [5, 5.41) is 13.6. The maximum Gasteiger partial charge on any atom is 0.234 e. The van der Waals surface area contributed by atoms with Crippen LogP contribution < -0.4 is 19.5 Å². The highest BCUT2D eigenvalue weighted by atomic mass is 32.2. The van der Waals surface area contributed by atoms with E-state index in [4.69, 9.17) is 14.2 Å². The maximum absolute atomic E-state index is 12.5. The molecule has 0 unspecified atom stereocenters. The van der Waals surface area contributed by atoms with Gasteiger partial charge in [0.25, 0.3) is 0 Å². The molecule has 0 saturated carbocycles. The Kier molecular flexibility index (Phi) is 6.99. The minimum Gasteiger partial charge on any atom is -0.497 e. The van der Waals surface area contributed by atoms with E-state index in [9.17, 15) is 10.1 Å². The number of benzene rings is 2. The van der Waals surface area contributed by atoms with E-state index in [1.165, 1.54) is 18.9 Å². The van der Waals surface area contributed by atoms with E-state index in [1.54, 1.807) is 31.4 Å². The molecule has 1 aromatic heterocycles. The fourth-order valence-electron chi connectivity index (χ4n) is 2.80. The Labute approximate surface area is 179 Å². The molecule has 0 aliphatic heterocycles. The lowest BCUT2D eigenvalue weighted by atomic mass is 10.1. The summed E-state index contributed by atoms with van der Waals surface area (Å²) in [4.78, 5) is 17.0. The number of amides is 1. The van der Waals surface area contributed by atoms with Gasteiger partial charge in [-0.3, -0.25) is 4.79 Å². The number of aromatic nitrogens is 1. The topological polar surface area (TPSA) is 93.5 Å². The van der Waals surface area contributed by atoms with Crippen molar-refractivity contribution in [3.63, 3.8) is 0 Å². The van der Waals surface area contributed by atoms with Gasteiger partial charge in [-0.15, -0.1) is 0 Å².